The number of ketones is 2. The van der Waals surface area contributed by atoms with Gasteiger partial charge in [0, 0.05) is 0 Å². The Bertz CT molecular complexity index is 469. The summed E-state index contributed by atoms with van der Waals surface area (Å²) >= 11 is 0.790. The number of hydrogen-bond donors (Lipinski definition) is 1. The Morgan fingerprint density at radius 2 is 2.00 bits per heavy atom. The summed E-state index contributed by atoms with van der Waals surface area (Å²) in [4.78, 5) is 34.4. The van der Waals surface area contributed by atoms with Crippen molar-refractivity contribution < 1.29 is 24.2 Å². The number of para-hydroxylation sites is 1. The summed E-state index contributed by atoms with van der Waals surface area (Å²) in [6.45, 7) is 0. The molecule has 2 atom stereocenters. The number of carbonyl (C=O) groups excluding carboxylic acids is 3. The highest BCUT2D eigenvalue weighted by atomic mass is 32.2. The van der Waals surface area contributed by atoms with Crippen LogP contribution in [0.25, 0.3) is 0 Å². The topological polar surface area (TPSA) is 80.7 Å². The lowest BCUT2D eigenvalue weighted by molar-refractivity contribution is -0.150. The molecule has 18 heavy (non-hydrogen) atoms. The molecule has 1 aliphatic rings. The fourth-order valence-corrected chi connectivity index (χ4v) is 2.41. The molecule has 1 aliphatic heterocycles. The number of rotatable bonds is 4. The van der Waals surface area contributed by atoms with E-state index in [4.69, 9.17) is 4.74 Å². The van der Waals surface area contributed by atoms with Gasteiger partial charge in [0.25, 0.3) is 6.29 Å². The van der Waals surface area contributed by atoms with Gasteiger partial charge in [-0.05, 0) is 12.1 Å². The van der Waals surface area contributed by atoms with Crippen molar-refractivity contribution in [1.29, 1.82) is 0 Å². The highest BCUT2D eigenvalue weighted by Gasteiger charge is 2.43. The summed E-state index contributed by atoms with van der Waals surface area (Å²) in [7, 11) is 0. The van der Waals surface area contributed by atoms with E-state index in [-0.39, 0.29) is 5.75 Å². The van der Waals surface area contributed by atoms with E-state index in [0.717, 1.165) is 11.8 Å². The first-order valence-electron chi connectivity index (χ1n) is 5.22. The largest absolute Gasteiger partial charge is 0.458 e. The molecule has 2 unspecified atom stereocenters. The zero-order valence-corrected chi connectivity index (χ0v) is 10.1. The van der Waals surface area contributed by atoms with Crippen molar-refractivity contribution in [2.75, 3.05) is 5.75 Å². The van der Waals surface area contributed by atoms with Gasteiger partial charge < -0.3 is 9.84 Å². The predicted molar refractivity (Wildman–Crippen MR) is 64.0 cm³/mol. The van der Waals surface area contributed by atoms with Crippen LogP contribution in [0.2, 0.25) is 0 Å². The van der Waals surface area contributed by atoms with E-state index in [1.54, 1.807) is 30.3 Å². The molecule has 0 radical (unpaired) electrons. The van der Waals surface area contributed by atoms with Gasteiger partial charge in [-0.2, -0.15) is 0 Å². The van der Waals surface area contributed by atoms with Gasteiger partial charge in [0.05, 0.1) is 5.75 Å². The Balaban J connectivity index is 2.05. The van der Waals surface area contributed by atoms with Crippen LogP contribution in [0.5, 0.6) is 5.75 Å². The van der Waals surface area contributed by atoms with Crippen molar-refractivity contribution in [2.45, 2.75) is 6.29 Å². The van der Waals surface area contributed by atoms with E-state index in [1.807, 2.05) is 0 Å². The SMILES string of the molecule is O=C1CSC(=O)C1C(=O)C(O)Oc1ccccc1. The van der Waals surface area contributed by atoms with Crippen LogP contribution in [0.4, 0.5) is 0 Å². The van der Waals surface area contributed by atoms with Crippen LogP contribution >= 0.6 is 11.8 Å². The molecule has 5 nitrogen and oxygen atoms in total. The van der Waals surface area contributed by atoms with E-state index >= 15 is 0 Å². The first-order chi connectivity index (χ1) is 8.59. The van der Waals surface area contributed by atoms with Crippen LogP contribution in [0, 0.1) is 5.92 Å². The number of carbonyl (C=O) groups is 3. The van der Waals surface area contributed by atoms with Crippen LogP contribution in [0.3, 0.4) is 0 Å². The van der Waals surface area contributed by atoms with Gasteiger partial charge in [-0.1, -0.05) is 30.0 Å². The molecule has 94 valence electrons. The fourth-order valence-electron chi connectivity index (χ4n) is 1.54. The number of ether oxygens (including phenoxy) is 1. The maximum absolute atomic E-state index is 11.7. The third-order valence-corrected chi connectivity index (χ3v) is 3.38. The number of thioether (sulfide) groups is 1. The molecule has 6 heteroatoms. The Kier molecular flexibility index (Phi) is 3.78. The number of aliphatic hydroxyl groups is 1. The molecule has 0 aliphatic carbocycles. The monoisotopic (exact) mass is 266 g/mol. The van der Waals surface area contributed by atoms with Crippen molar-refractivity contribution in [2.24, 2.45) is 5.92 Å². The maximum Gasteiger partial charge on any atom is 0.258 e. The number of aliphatic hydroxyl groups excluding tert-OH is 1. The molecule has 1 aromatic rings. The van der Waals surface area contributed by atoms with Crippen molar-refractivity contribution in [3.63, 3.8) is 0 Å². The zero-order chi connectivity index (χ0) is 13.1. The van der Waals surface area contributed by atoms with Gasteiger partial charge in [-0.3, -0.25) is 14.4 Å². The van der Waals surface area contributed by atoms with E-state index in [0.29, 0.717) is 5.75 Å². The lowest BCUT2D eigenvalue weighted by atomic mass is 10.0. The third-order valence-electron chi connectivity index (χ3n) is 2.43. The van der Waals surface area contributed by atoms with Gasteiger partial charge in [0.15, 0.2) is 11.7 Å². The molecule has 1 aromatic carbocycles. The second-order valence-corrected chi connectivity index (χ2v) is 4.67. The smallest absolute Gasteiger partial charge is 0.258 e. The van der Waals surface area contributed by atoms with Crippen LogP contribution in [0.1, 0.15) is 0 Å². The first kappa shape index (κ1) is 12.8. The molecule has 2 rings (SSSR count). The maximum atomic E-state index is 11.7. The summed E-state index contributed by atoms with van der Waals surface area (Å²) in [6.07, 6.45) is -1.80. The Morgan fingerprint density at radius 3 is 2.56 bits per heavy atom. The standard InChI is InChI=1S/C12H10O5S/c13-8-6-18-12(16)9(8)10(14)11(15)17-7-4-2-1-3-5-7/h1-5,9,11,15H,6H2. The minimum absolute atomic E-state index is 0.0205. The molecule has 1 saturated heterocycles. The molecular weight excluding hydrogens is 256 g/mol. The molecule has 0 bridgehead atoms. The number of Topliss-reactive ketones (excluding diaryl/α,β-unsaturated/α-hetero) is 2. The van der Waals surface area contributed by atoms with Gasteiger partial charge in [0.1, 0.15) is 5.75 Å². The Hall–Kier alpha value is -1.66. The van der Waals surface area contributed by atoms with Crippen LogP contribution in [-0.2, 0) is 14.4 Å². The third kappa shape index (κ3) is 2.60. The summed E-state index contributed by atoms with van der Waals surface area (Å²) in [5.74, 6) is -2.50. The van der Waals surface area contributed by atoms with Crippen molar-refractivity contribution in [1.82, 2.24) is 0 Å². The van der Waals surface area contributed by atoms with Crippen molar-refractivity contribution >= 4 is 28.4 Å². The zero-order valence-electron chi connectivity index (χ0n) is 9.24. The summed E-state index contributed by atoms with van der Waals surface area (Å²) < 4.78 is 4.98. The highest BCUT2D eigenvalue weighted by molar-refractivity contribution is 8.15. The van der Waals surface area contributed by atoms with E-state index < -0.39 is 28.9 Å². The highest BCUT2D eigenvalue weighted by Crippen LogP contribution is 2.25. The lowest BCUT2D eigenvalue weighted by Gasteiger charge is -2.14. The van der Waals surface area contributed by atoms with Crippen molar-refractivity contribution in [3.8, 4) is 5.75 Å². The molecular formula is C12H10O5S. The number of hydrogen-bond acceptors (Lipinski definition) is 6. The van der Waals surface area contributed by atoms with E-state index in [2.05, 4.69) is 0 Å². The summed E-state index contributed by atoms with van der Waals surface area (Å²) in [6, 6.07) is 8.22. The molecule has 0 aromatic heterocycles. The van der Waals surface area contributed by atoms with Gasteiger partial charge in [0.2, 0.25) is 10.9 Å². The molecule has 0 amide bonds. The second kappa shape index (κ2) is 5.32. The summed E-state index contributed by atoms with van der Waals surface area (Å²) in [5, 5.41) is 9.05. The normalized spacial score (nSPS) is 20.8. The molecule has 0 spiro atoms. The average Bonchev–Trinajstić information content (AvgIpc) is 2.69. The molecule has 1 fully saturated rings. The predicted octanol–water partition coefficient (Wildman–Crippen LogP) is 0.412. The molecule has 0 saturated carbocycles. The average molecular weight is 266 g/mol. The number of benzene rings is 1. The van der Waals surface area contributed by atoms with Crippen LogP contribution < -0.4 is 4.74 Å². The lowest BCUT2D eigenvalue weighted by Crippen LogP contribution is -2.37. The molecule has 1 heterocycles. The Labute approximate surface area is 107 Å². The first-order valence-corrected chi connectivity index (χ1v) is 6.21. The van der Waals surface area contributed by atoms with Gasteiger partial charge >= 0.3 is 0 Å². The van der Waals surface area contributed by atoms with Gasteiger partial charge in [-0.15, -0.1) is 0 Å². The van der Waals surface area contributed by atoms with Crippen molar-refractivity contribution in [3.05, 3.63) is 30.3 Å². The minimum atomic E-state index is -1.80. The van der Waals surface area contributed by atoms with E-state index in [1.165, 1.54) is 0 Å². The van der Waals surface area contributed by atoms with E-state index in [9.17, 15) is 19.5 Å². The Morgan fingerprint density at radius 1 is 1.33 bits per heavy atom. The summed E-state index contributed by atoms with van der Waals surface area (Å²) in [5.41, 5.74) is 0. The molecule has 1 N–H and O–H groups in total. The minimum Gasteiger partial charge on any atom is -0.458 e. The van der Waals surface area contributed by atoms with Crippen LogP contribution in [0.15, 0.2) is 30.3 Å². The van der Waals surface area contributed by atoms with Crippen LogP contribution in [-0.4, -0.2) is 33.8 Å². The quantitative estimate of drug-likeness (QED) is 0.628. The second-order valence-electron chi connectivity index (χ2n) is 3.69. The van der Waals surface area contributed by atoms with Gasteiger partial charge in [-0.25, -0.2) is 0 Å². The fraction of sp³-hybridized carbons (Fsp3) is 0.250.